The van der Waals surface area contributed by atoms with Crippen LogP contribution < -0.4 is 4.90 Å². The Labute approximate surface area is 186 Å². The lowest BCUT2D eigenvalue weighted by Gasteiger charge is -2.23. The normalized spacial score (nSPS) is 16.9. The van der Waals surface area contributed by atoms with E-state index in [-0.39, 0.29) is 0 Å². The van der Waals surface area contributed by atoms with E-state index >= 15 is 0 Å². The molecule has 2 aliphatic rings. The minimum absolute atomic E-state index is 0.328. The molecule has 8 heteroatoms. The van der Waals surface area contributed by atoms with Gasteiger partial charge in [0.05, 0.1) is 44.4 Å². The van der Waals surface area contributed by atoms with Crippen LogP contribution in [0.1, 0.15) is 18.4 Å². The predicted octanol–water partition coefficient (Wildman–Crippen LogP) is 3.65. The molecule has 0 aliphatic carbocycles. The van der Waals surface area contributed by atoms with Crippen molar-refractivity contribution in [2.75, 3.05) is 44.3 Å². The Morgan fingerprint density at radius 2 is 1.69 bits per heavy atom. The van der Waals surface area contributed by atoms with E-state index in [0.717, 1.165) is 24.3 Å². The molecule has 0 atom stereocenters. The van der Waals surface area contributed by atoms with Gasteiger partial charge in [0.2, 0.25) is 0 Å². The predicted molar refractivity (Wildman–Crippen MR) is 122 cm³/mol. The van der Waals surface area contributed by atoms with Crippen LogP contribution in [0, 0.1) is 5.82 Å². The maximum Gasteiger partial charge on any atom is 0.166 e. The van der Waals surface area contributed by atoms with Gasteiger partial charge < -0.3 is 14.7 Å². The molecule has 0 spiro atoms. The molecule has 0 radical (unpaired) electrons. The fourth-order valence-corrected chi connectivity index (χ4v) is 4.10. The van der Waals surface area contributed by atoms with Crippen LogP contribution in [0.3, 0.4) is 0 Å². The van der Waals surface area contributed by atoms with Crippen molar-refractivity contribution in [2.24, 2.45) is 5.10 Å². The molecule has 3 aromatic rings. The third-order valence-corrected chi connectivity index (χ3v) is 5.94. The summed E-state index contributed by atoms with van der Waals surface area (Å²) in [6.45, 7) is 4.76. The molecule has 0 saturated carbocycles. The summed E-state index contributed by atoms with van der Waals surface area (Å²) >= 11 is 0. The molecule has 0 bridgehead atoms. The first-order chi connectivity index (χ1) is 15.7. The van der Waals surface area contributed by atoms with E-state index < -0.39 is 11.6 Å². The number of hydrogen-bond donors (Lipinski definition) is 1. The van der Waals surface area contributed by atoms with Gasteiger partial charge in [0.15, 0.2) is 11.6 Å². The molecule has 2 aromatic carbocycles. The highest BCUT2D eigenvalue weighted by Gasteiger charge is 2.14. The molecule has 2 saturated heterocycles. The Kier molecular flexibility index (Phi) is 5.77. The zero-order valence-electron chi connectivity index (χ0n) is 17.8. The number of anilines is 1. The van der Waals surface area contributed by atoms with Crippen molar-refractivity contribution >= 4 is 11.9 Å². The summed E-state index contributed by atoms with van der Waals surface area (Å²) in [7, 11) is 0. The van der Waals surface area contributed by atoms with Gasteiger partial charge in [-0.3, -0.25) is 5.01 Å². The first-order valence-corrected chi connectivity index (χ1v) is 11.0. The van der Waals surface area contributed by atoms with E-state index in [0.29, 0.717) is 37.4 Å². The molecule has 0 unspecified atom stereocenters. The largest absolute Gasteiger partial charge is 0.504 e. The van der Waals surface area contributed by atoms with E-state index in [9.17, 15) is 9.50 Å². The van der Waals surface area contributed by atoms with E-state index in [1.807, 2.05) is 23.3 Å². The van der Waals surface area contributed by atoms with Crippen LogP contribution in [0.25, 0.3) is 16.8 Å². The van der Waals surface area contributed by atoms with Crippen molar-refractivity contribution in [3.05, 3.63) is 60.2 Å². The van der Waals surface area contributed by atoms with Gasteiger partial charge in [0.25, 0.3) is 0 Å². The van der Waals surface area contributed by atoms with E-state index in [2.05, 4.69) is 27.2 Å². The number of ether oxygens (including phenoxy) is 1. The van der Waals surface area contributed by atoms with Gasteiger partial charge >= 0.3 is 0 Å². The summed E-state index contributed by atoms with van der Waals surface area (Å²) in [6, 6.07) is 11.4. The van der Waals surface area contributed by atoms with Gasteiger partial charge in [0, 0.05) is 36.1 Å². The van der Waals surface area contributed by atoms with Gasteiger partial charge in [-0.2, -0.15) is 10.2 Å². The number of rotatable bonds is 5. The van der Waals surface area contributed by atoms with Crippen molar-refractivity contribution in [1.29, 1.82) is 0 Å². The van der Waals surface area contributed by atoms with Crippen LogP contribution >= 0.6 is 0 Å². The zero-order valence-corrected chi connectivity index (χ0v) is 17.8. The Morgan fingerprint density at radius 3 is 2.44 bits per heavy atom. The highest BCUT2D eigenvalue weighted by Crippen LogP contribution is 2.29. The highest BCUT2D eigenvalue weighted by molar-refractivity contribution is 5.86. The van der Waals surface area contributed by atoms with Gasteiger partial charge in [-0.1, -0.05) is 0 Å². The van der Waals surface area contributed by atoms with E-state index in [4.69, 9.17) is 4.74 Å². The molecule has 5 rings (SSSR count). The Morgan fingerprint density at radius 1 is 0.969 bits per heavy atom. The minimum Gasteiger partial charge on any atom is -0.504 e. The lowest BCUT2D eigenvalue weighted by molar-refractivity contribution is 0.0397. The van der Waals surface area contributed by atoms with Gasteiger partial charge in [-0.05, 0) is 54.8 Å². The summed E-state index contributed by atoms with van der Waals surface area (Å²) in [5.41, 5.74) is 3.88. The Balaban J connectivity index is 1.37. The number of aromatic nitrogens is 2. The van der Waals surface area contributed by atoms with Gasteiger partial charge in [-0.15, -0.1) is 0 Å². The first kappa shape index (κ1) is 20.5. The summed E-state index contributed by atoms with van der Waals surface area (Å²) < 4.78 is 21.5. The zero-order chi connectivity index (χ0) is 21.9. The molecule has 3 heterocycles. The number of nitrogens with zero attached hydrogens (tertiary/aromatic N) is 5. The van der Waals surface area contributed by atoms with Crippen LogP contribution in [0.15, 0.2) is 53.9 Å². The topological polar surface area (TPSA) is 66.1 Å². The maximum absolute atomic E-state index is 14.4. The molecule has 32 heavy (non-hydrogen) atoms. The second kappa shape index (κ2) is 9.00. The maximum atomic E-state index is 14.4. The lowest BCUT2D eigenvalue weighted by atomic mass is 10.1. The second-order valence-electron chi connectivity index (χ2n) is 8.09. The van der Waals surface area contributed by atoms with Crippen LogP contribution in [0.4, 0.5) is 10.1 Å². The highest BCUT2D eigenvalue weighted by atomic mass is 19.1. The third-order valence-electron chi connectivity index (χ3n) is 5.94. The number of phenols is 1. The molecular formula is C24H26FN5O2. The molecule has 2 fully saturated rings. The number of hydrazone groups is 1. The molecule has 0 amide bonds. The molecule has 166 valence electrons. The quantitative estimate of drug-likeness (QED) is 0.620. The average Bonchev–Trinajstić information content (AvgIpc) is 3.54. The van der Waals surface area contributed by atoms with Gasteiger partial charge in [-0.25, -0.2) is 9.07 Å². The molecule has 1 aromatic heterocycles. The summed E-state index contributed by atoms with van der Waals surface area (Å²) in [4.78, 5) is 2.39. The van der Waals surface area contributed by atoms with Crippen molar-refractivity contribution in [3.63, 3.8) is 0 Å². The van der Waals surface area contributed by atoms with E-state index in [1.54, 1.807) is 16.9 Å². The van der Waals surface area contributed by atoms with E-state index in [1.165, 1.54) is 30.8 Å². The first-order valence-electron chi connectivity index (χ1n) is 11.0. The summed E-state index contributed by atoms with van der Waals surface area (Å²) in [5, 5.41) is 20.8. The van der Waals surface area contributed by atoms with Crippen LogP contribution in [0.5, 0.6) is 5.75 Å². The Bertz CT molecular complexity index is 1100. The van der Waals surface area contributed by atoms with Crippen molar-refractivity contribution in [2.45, 2.75) is 12.8 Å². The fourth-order valence-electron chi connectivity index (χ4n) is 4.10. The summed E-state index contributed by atoms with van der Waals surface area (Å²) in [5.74, 6) is -1.09. The molecule has 7 nitrogen and oxygen atoms in total. The monoisotopic (exact) mass is 435 g/mol. The minimum atomic E-state index is -0.686. The molecule has 2 aliphatic heterocycles. The standard InChI is InChI=1S/C24H26FN5O2/c25-23-14-18(13-19(24(23)31)15-26-29-9-11-32-12-10-29)20-16-27-30(17-20)22-5-3-21(4-6-22)28-7-1-2-8-28/h3-6,13-17,31H,1-2,7-12H2. The second-order valence-corrected chi connectivity index (χ2v) is 8.09. The van der Waals surface area contributed by atoms with Gasteiger partial charge in [0.1, 0.15) is 0 Å². The van der Waals surface area contributed by atoms with Crippen molar-refractivity contribution < 1.29 is 14.2 Å². The molecular weight excluding hydrogens is 409 g/mol. The van der Waals surface area contributed by atoms with Crippen molar-refractivity contribution in [1.82, 2.24) is 14.8 Å². The Hall–Kier alpha value is -3.39. The SMILES string of the molecule is Oc1c(F)cc(-c2cnn(-c3ccc(N4CCCC4)cc3)c2)cc1C=NN1CCOCC1. The van der Waals surface area contributed by atoms with Crippen LogP contribution in [-0.2, 0) is 4.74 Å². The fraction of sp³-hybridized carbons (Fsp3) is 0.333. The number of phenolic OH excluding ortho intramolecular Hbond substituents is 1. The smallest absolute Gasteiger partial charge is 0.166 e. The molecule has 1 N–H and O–H groups in total. The van der Waals surface area contributed by atoms with Crippen molar-refractivity contribution in [3.8, 4) is 22.6 Å². The lowest BCUT2D eigenvalue weighted by Crippen LogP contribution is -2.32. The number of benzene rings is 2. The third kappa shape index (κ3) is 4.31. The average molecular weight is 436 g/mol. The van der Waals surface area contributed by atoms with Crippen LogP contribution in [0.2, 0.25) is 0 Å². The van der Waals surface area contributed by atoms with Crippen LogP contribution in [-0.4, -0.2) is 65.5 Å². The number of morpholine rings is 1. The summed E-state index contributed by atoms with van der Waals surface area (Å²) in [6.07, 6.45) is 7.54. The number of hydrogen-bond acceptors (Lipinski definition) is 6. The number of halogens is 1. The number of aromatic hydroxyl groups is 1.